The highest BCUT2D eigenvalue weighted by atomic mass is 32.1. The van der Waals surface area contributed by atoms with E-state index in [1.165, 1.54) is 16.9 Å². The van der Waals surface area contributed by atoms with Crippen molar-refractivity contribution < 1.29 is 9.53 Å². The standard InChI is InChI=1S/C22H27N3O2S/c1-14-7-6-8-20(18(14)5)27-12-19-10-21(28-13-19)22(26)23-16(3)11-25-17(4)9-15(2)24-25/h6-10,13,16H,11-12H2,1-5H3,(H,23,26). The third-order valence-corrected chi connectivity index (χ3v) is 5.73. The number of ether oxygens (including phenoxy) is 1. The minimum atomic E-state index is -0.0583. The van der Waals surface area contributed by atoms with E-state index in [9.17, 15) is 4.79 Å². The van der Waals surface area contributed by atoms with Crippen LogP contribution in [0.3, 0.4) is 0 Å². The van der Waals surface area contributed by atoms with Crippen molar-refractivity contribution in [2.45, 2.75) is 53.8 Å². The van der Waals surface area contributed by atoms with Gasteiger partial charge in [-0.2, -0.15) is 5.10 Å². The zero-order valence-electron chi connectivity index (χ0n) is 17.1. The molecule has 148 valence electrons. The fourth-order valence-corrected chi connectivity index (χ4v) is 3.87. The van der Waals surface area contributed by atoms with Crippen LogP contribution < -0.4 is 10.1 Å². The summed E-state index contributed by atoms with van der Waals surface area (Å²) in [5, 5.41) is 9.48. The van der Waals surface area contributed by atoms with Crippen LogP contribution in [0.4, 0.5) is 0 Å². The van der Waals surface area contributed by atoms with E-state index in [4.69, 9.17) is 4.74 Å². The second-order valence-electron chi connectivity index (χ2n) is 7.29. The predicted molar refractivity (Wildman–Crippen MR) is 113 cm³/mol. The fourth-order valence-electron chi connectivity index (χ4n) is 3.07. The van der Waals surface area contributed by atoms with Gasteiger partial charge in [0, 0.05) is 17.3 Å². The molecule has 28 heavy (non-hydrogen) atoms. The van der Waals surface area contributed by atoms with E-state index in [0.29, 0.717) is 18.0 Å². The summed E-state index contributed by atoms with van der Waals surface area (Å²) < 4.78 is 7.86. The molecular formula is C22H27N3O2S. The molecule has 0 fully saturated rings. The van der Waals surface area contributed by atoms with Crippen molar-refractivity contribution in [3.63, 3.8) is 0 Å². The Labute approximate surface area is 170 Å². The van der Waals surface area contributed by atoms with Crippen molar-refractivity contribution in [3.8, 4) is 5.75 Å². The molecule has 1 aromatic carbocycles. The Morgan fingerprint density at radius 3 is 2.75 bits per heavy atom. The average molecular weight is 398 g/mol. The summed E-state index contributed by atoms with van der Waals surface area (Å²) in [5.74, 6) is 0.827. The number of carbonyl (C=O) groups is 1. The smallest absolute Gasteiger partial charge is 0.261 e. The Bertz CT molecular complexity index is 974. The van der Waals surface area contributed by atoms with Crippen molar-refractivity contribution in [2.75, 3.05) is 0 Å². The Hall–Kier alpha value is -2.60. The lowest BCUT2D eigenvalue weighted by molar-refractivity contribution is 0.0940. The summed E-state index contributed by atoms with van der Waals surface area (Å²) in [4.78, 5) is 13.2. The maximum atomic E-state index is 12.6. The van der Waals surface area contributed by atoms with E-state index in [1.54, 1.807) is 0 Å². The van der Waals surface area contributed by atoms with Gasteiger partial charge in [-0.05, 0) is 69.3 Å². The molecule has 2 aromatic heterocycles. The summed E-state index contributed by atoms with van der Waals surface area (Å²) in [6.07, 6.45) is 0. The number of amides is 1. The van der Waals surface area contributed by atoms with Gasteiger partial charge < -0.3 is 10.1 Å². The van der Waals surface area contributed by atoms with Gasteiger partial charge in [0.1, 0.15) is 12.4 Å². The molecule has 1 amide bonds. The van der Waals surface area contributed by atoms with Gasteiger partial charge in [0.25, 0.3) is 5.91 Å². The van der Waals surface area contributed by atoms with Crippen molar-refractivity contribution in [2.24, 2.45) is 0 Å². The highest BCUT2D eigenvalue weighted by Crippen LogP contribution is 2.23. The molecular weight excluding hydrogens is 370 g/mol. The first kappa shape index (κ1) is 20.1. The van der Waals surface area contributed by atoms with Crippen molar-refractivity contribution in [1.82, 2.24) is 15.1 Å². The van der Waals surface area contributed by atoms with Gasteiger partial charge in [0.15, 0.2) is 0 Å². The molecule has 3 aromatic rings. The molecule has 0 radical (unpaired) electrons. The largest absolute Gasteiger partial charge is 0.489 e. The monoisotopic (exact) mass is 397 g/mol. The molecule has 1 unspecified atom stereocenters. The minimum Gasteiger partial charge on any atom is -0.489 e. The Morgan fingerprint density at radius 1 is 1.25 bits per heavy atom. The lowest BCUT2D eigenvalue weighted by Gasteiger charge is -2.14. The fraction of sp³-hybridized carbons (Fsp3) is 0.364. The van der Waals surface area contributed by atoms with Crippen LogP contribution in [0.1, 0.15) is 44.7 Å². The number of benzene rings is 1. The van der Waals surface area contributed by atoms with Crippen LogP contribution in [-0.2, 0) is 13.2 Å². The third-order valence-electron chi connectivity index (χ3n) is 4.75. The summed E-state index contributed by atoms with van der Waals surface area (Å²) >= 11 is 1.44. The number of hydrogen-bond acceptors (Lipinski definition) is 4. The summed E-state index contributed by atoms with van der Waals surface area (Å²) in [6, 6.07) is 9.97. The zero-order chi connectivity index (χ0) is 20.3. The van der Waals surface area contributed by atoms with Crippen molar-refractivity contribution in [1.29, 1.82) is 0 Å². The second-order valence-corrected chi connectivity index (χ2v) is 8.20. The molecule has 5 nitrogen and oxygen atoms in total. The first-order valence-corrected chi connectivity index (χ1v) is 10.3. The van der Waals surface area contributed by atoms with E-state index in [-0.39, 0.29) is 11.9 Å². The topological polar surface area (TPSA) is 56.2 Å². The summed E-state index contributed by atoms with van der Waals surface area (Å²) in [5.41, 5.74) is 5.44. The number of aromatic nitrogens is 2. The molecule has 0 bridgehead atoms. The molecule has 0 spiro atoms. The van der Waals surface area contributed by atoms with Gasteiger partial charge in [-0.1, -0.05) is 12.1 Å². The maximum absolute atomic E-state index is 12.6. The SMILES string of the molecule is Cc1cc(C)n(CC(C)NC(=O)c2cc(COc3cccc(C)c3C)cs2)n1. The number of nitrogens with zero attached hydrogens (tertiary/aromatic N) is 2. The number of carbonyl (C=O) groups excluding carboxylic acids is 1. The van der Waals surface area contributed by atoms with Gasteiger partial charge in [0.05, 0.1) is 17.1 Å². The number of nitrogens with one attached hydrogen (secondary N) is 1. The molecule has 0 aliphatic heterocycles. The van der Waals surface area contributed by atoms with Gasteiger partial charge in [-0.15, -0.1) is 11.3 Å². The molecule has 2 heterocycles. The highest BCUT2D eigenvalue weighted by molar-refractivity contribution is 7.12. The molecule has 3 rings (SSSR count). The number of hydrogen-bond donors (Lipinski definition) is 1. The van der Waals surface area contributed by atoms with Crippen LogP contribution in [-0.4, -0.2) is 21.7 Å². The molecule has 0 saturated heterocycles. The predicted octanol–water partition coefficient (Wildman–Crippen LogP) is 4.58. The maximum Gasteiger partial charge on any atom is 0.261 e. The van der Waals surface area contributed by atoms with Crippen LogP contribution in [0.15, 0.2) is 35.7 Å². The summed E-state index contributed by atoms with van der Waals surface area (Å²) in [7, 11) is 0. The summed E-state index contributed by atoms with van der Waals surface area (Å²) in [6.45, 7) is 11.2. The molecule has 1 atom stereocenters. The van der Waals surface area contributed by atoms with Crippen LogP contribution in [0.5, 0.6) is 5.75 Å². The van der Waals surface area contributed by atoms with Crippen LogP contribution in [0.25, 0.3) is 0 Å². The van der Waals surface area contributed by atoms with E-state index in [2.05, 4.69) is 30.3 Å². The van der Waals surface area contributed by atoms with Crippen molar-refractivity contribution in [3.05, 3.63) is 68.7 Å². The number of thiophene rings is 1. The number of rotatable bonds is 7. The minimum absolute atomic E-state index is 0.0118. The van der Waals surface area contributed by atoms with Gasteiger partial charge in [-0.25, -0.2) is 0 Å². The Kier molecular flexibility index (Phi) is 6.19. The van der Waals surface area contributed by atoms with Crippen LogP contribution in [0.2, 0.25) is 0 Å². The first-order chi connectivity index (χ1) is 13.3. The highest BCUT2D eigenvalue weighted by Gasteiger charge is 2.14. The van der Waals surface area contributed by atoms with Crippen LogP contribution >= 0.6 is 11.3 Å². The van der Waals surface area contributed by atoms with E-state index in [0.717, 1.165) is 28.3 Å². The molecule has 0 aliphatic rings. The van der Waals surface area contributed by atoms with Gasteiger partial charge >= 0.3 is 0 Å². The number of aryl methyl sites for hydroxylation is 3. The van der Waals surface area contributed by atoms with E-state index >= 15 is 0 Å². The Balaban J connectivity index is 1.56. The van der Waals surface area contributed by atoms with E-state index < -0.39 is 0 Å². The average Bonchev–Trinajstić information content (AvgIpc) is 3.23. The van der Waals surface area contributed by atoms with E-state index in [1.807, 2.05) is 55.1 Å². The third kappa shape index (κ3) is 4.81. The van der Waals surface area contributed by atoms with Crippen molar-refractivity contribution >= 4 is 17.2 Å². The Morgan fingerprint density at radius 2 is 2.04 bits per heavy atom. The quantitative estimate of drug-likeness (QED) is 0.635. The first-order valence-electron chi connectivity index (χ1n) is 9.42. The molecule has 1 N–H and O–H groups in total. The second kappa shape index (κ2) is 8.61. The molecule has 6 heteroatoms. The van der Waals surface area contributed by atoms with Crippen LogP contribution in [0, 0.1) is 27.7 Å². The normalized spacial score (nSPS) is 12.0. The van der Waals surface area contributed by atoms with Gasteiger partial charge in [-0.3, -0.25) is 9.48 Å². The lowest BCUT2D eigenvalue weighted by atomic mass is 10.1. The van der Waals surface area contributed by atoms with Gasteiger partial charge in [0.2, 0.25) is 0 Å². The zero-order valence-corrected chi connectivity index (χ0v) is 17.9. The molecule has 0 saturated carbocycles. The molecule has 0 aliphatic carbocycles. The lowest BCUT2D eigenvalue weighted by Crippen LogP contribution is -2.35.